The highest BCUT2D eigenvalue weighted by Crippen LogP contribution is 2.19. The summed E-state index contributed by atoms with van der Waals surface area (Å²) in [6, 6.07) is 0.558. The molecule has 17 heavy (non-hydrogen) atoms. The first kappa shape index (κ1) is 14.9. The molecule has 2 N–H and O–H groups in total. The van der Waals surface area contributed by atoms with E-state index in [1.807, 2.05) is 0 Å². The van der Waals surface area contributed by atoms with Crippen LogP contribution in [0.4, 0.5) is 0 Å². The second-order valence-corrected chi connectivity index (χ2v) is 8.43. The summed E-state index contributed by atoms with van der Waals surface area (Å²) in [4.78, 5) is 0. The molecule has 1 atom stereocenters. The third-order valence-electron chi connectivity index (χ3n) is 2.98. The van der Waals surface area contributed by atoms with E-state index in [0.717, 1.165) is 6.42 Å². The predicted octanol–water partition coefficient (Wildman–Crippen LogP) is 1.48. The van der Waals surface area contributed by atoms with Gasteiger partial charge in [0.05, 0.1) is 5.25 Å². The Bertz CT molecular complexity index is 329. The minimum Gasteiger partial charge on any atom is -0.313 e. The second-order valence-electron chi connectivity index (χ2n) is 6.24. The molecule has 0 aromatic rings. The lowest BCUT2D eigenvalue weighted by atomic mass is 9.93. The number of hydrogen-bond donors (Lipinski definition) is 2. The minimum absolute atomic E-state index is 0.165. The van der Waals surface area contributed by atoms with Gasteiger partial charge >= 0.3 is 0 Å². The van der Waals surface area contributed by atoms with Gasteiger partial charge in [-0.3, -0.25) is 0 Å². The van der Waals surface area contributed by atoms with Gasteiger partial charge in [0.1, 0.15) is 0 Å². The monoisotopic (exact) mass is 262 g/mol. The van der Waals surface area contributed by atoms with Crippen molar-refractivity contribution in [3.8, 4) is 0 Å². The largest absolute Gasteiger partial charge is 0.313 e. The lowest BCUT2D eigenvalue weighted by Crippen LogP contribution is -2.40. The van der Waals surface area contributed by atoms with E-state index in [-0.39, 0.29) is 10.7 Å². The zero-order valence-electron chi connectivity index (χ0n) is 11.4. The Balaban J connectivity index is 2.27. The average molecular weight is 262 g/mol. The highest BCUT2D eigenvalue weighted by atomic mass is 32.2. The van der Waals surface area contributed by atoms with Gasteiger partial charge in [0.2, 0.25) is 10.0 Å². The quantitative estimate of drug-likeness (QED) is 0.731. The minimum atomic E-state index is -3.16. The zero-order chi connectivity index (χ0) is 13.1. The lowest BCUT2D eigenvalue weighted by Gasteiger charge is -2.20. The maximum absolute atomic E-state index is 11.9. The first-order chi connectivity index (χ1) is 7.71. The van der Waals surface area contributed by atoms with E-state index in [1.165, 1.54) is 12.8 Å². The van der Waals surface area contributed by atoms with Crippen molar-refractivity contribution >= 4 is 10.0 Å². The zero-order valence-corrected chi connectivity index (χ0v) is 12.2. The van der Waals surface area contributed by atoms with Crippen LogP contribution in [-0.4, -0.2) is 32.8 Å². The summed E-state index contributed by atoms with van der Waals surface area (Å²) >= 11 is 0. The molecule has 0 heterocycles. The van der Waals surface area contributed by atoms with E-state index in [2.05, 4.69) is 30.8 Å². The van der Waals surface area contributed by atoms with Gasteiger partial charge in [-0.2, -0.15) is 0 Å². The van der Waals surface area contributed by atoms with Crippen LogP contribution < -0.4 is 10.0 Å². The molecule has 1 aliphatic rings. The molecule has 1 saturated carbocycles. The van der Waals surface area contributed by atoms with Crippen LogP contribution in [-0.2, 0) is 10.0 Å². The molecule has 0 aliphatic heterocycles. The predicted molar refractivity (Wildman–Crippen MR) is 71.5 cm³/mol. The van der Waals surface area contributed by atoms with E-state index in [9.17, 15) is 8.42 Å². The van der Waals surface area contributed by atoms with Crippen LogP contribution in [0.5, 0.6) is 0 Å². The molecule has 102 valence electrons. The Morgan fingerprint density at radius 1 is 1.29 bits per heavy atom. The van der Waals surface area contributed by atoms with E-state index in [4.69, 9.17) is 0 Å². The Morgan fingerprint density at radius 2 is 1.88 bits per heavy atom. The molecule has 5 heteroatoms. The molecule has 1 aliphatic carbocycles. The van der Waals surface area contributed by atoms with Crippen molar-refractivity contribution in [2.45, 2.75) is 58.2 Å². The van der Waals surface area contributed by atoms with Crippen LogP contribution in [0, 0.1) is 5.41 Å². The van der Waals surface area contributed by atoms with Crippen molar-refractivity contribution in [2.75, 3.05) is 13.1 Å². The van der Waals surface area contributed by atoms with Crippen molar-refractivity contribution in [3.05, 3.63) is 0 Å². The van der Waals surface area contributed by atoms with E-state index in [1.54, 1.807) is 6.92 Å². The van der Waals surface area contributed by atoms with Gasteiger partial charge in [-0.05, 0) is 31.6 Å². The standard InChI is InChI=1S/C12H26N2O2S/c1-10(9-13-11-5-6-11)17(15,16)14-8-7-12(2,3)4/h10-11,13-14H,5-9H2,1-4H3. The highest BCUT2D eigenvalue weighted by molar-refractivity contribution is 7.90. The third-order valence-corrected chi connectivity index (χ3v) is 4.81. The topological polar surface area (TPSA) is 58.2 Å². The van der Waals surface area contributed by atoms with Gasteiger partial charge in [0.15, 0.2) is 0 Å². The third kappa shape index (κ3) is 6.38. The summed E-state index contributed by atoms with van der Waals surface area (Å²) in [5.41, 5.74) is 0.165. The van der Waals surface area contributed by atoms with Crippen LogP contribution in [0.25, 0.3) is 0 Å². The summed E-state index contributed by atoms with van der Waals surface area (Å²) in [5, 5.41) is 2.89. The van der Waals surface area contributed by atoms with Crippen molar-refractivity contribution < 1.29 is 8.42 Å². The number of nitrogens with one attached hydrogen (secondary N) is 2. The van der Waals surface area contributed by atoms with Gasteiger partial charge in [-0.25, -0.2) is 13.1 Å². The molecule has 1 rings (SSSR count). The van der Waals surface area contributed by atoms with E-state index in [0.29, 0.717) is 19.1 Å². The van der Waals surface area contributed by atoms with Crippen molar-refractivity contribution in [2.24, 2.45) is 5.41 Å². The fourth-order valence-corrected chi connectivity index (χ4v) is 2.43. The first-order valence-electron chi connectivity index (χ1n) is 6.42. The Morgan fingerprint density at radius 3 is 2.35 bits per heavy atom. The molecular formula is C12H26N2O2S. The van der Waals surface area contributed by atoms with Crippen LogP contribution in [0.15, 0.2) is 0 Å². The molecule has 0 spiro atoms. The number of hydrogen-bond acceptors (Lipinski definition) is 3. The molecule has 0 amide bonds. The fourth-order valence-electron chi connectivity index (χ4n) is 1.44. The SMILES string of the molecule is CC(CNC1CC1)S(=O)(=O)NCCC(C)(C)C. The molecule has 4 nitrogen and oxygen atoms in total. The van der Waals surface area contributed by atoms with E-state index >= 15 is 0 Å². The molecule has 0 radical (unpaired) electrons. The number of rotatable bonds is 7. The molecule has 0 saturated heterocycles. The summed E-state index contributed by atoms with van der Waals surface area (Å²) < 4.78 is 26.5. The van der Waals surface area contributed by atoms with Crippen molar-refractivity contribution in [3.63, 3.8) is 0 Å². The van der Waals surface area contributed by atoms with Gasteiger partial charge in [0, 0.05) is 19.1 Å². The molecule has 0 bridgehead atoms. The van der Waals surface area contributed by atoms with Gasteiger partial charge in [0.25, 0.3) is 0 Å². The maximum atomic E-state index is 11.9. The van der Waals surface area contributed by atoms with E-state index < -0.39 is 10.0 Å². The van der Waals surface area contributed by atoms with Gasteiger partial charge in [-0.1, -0.05) is 20.8 Å². The molecule has 0 aromatic carbocycles. The summed E-state index contributed by atoms with van der Waals surface area (Å²) in [7, 11) is -3.16. The smallest absolute Gasteiger partial charge is 0.215 e. The van der Waals surface area contributed by atoms with Gasteiger partial charge in [-0.15, -0.1) is 0 Å². The van der Waals surface area contributed by atoms with Crippen molar-refractivity contribution in [1.29, 1.82) is 0 Å². The first-order valence-corrected chi connectivity index (χ1v) is 7.97. The highest BCUT2D eigenvalue weighted by Gasteiger charge is 2.25. The number of sulfonamides is 1. The second kappa shape index (κ2) is 5.67. The molecular weight excluding hydrogens is 236 g/mol. The maximum Gasteiger partial charge on any atom is 0.215 e. The summed E-state index contributed by atoms with van der Waals surface area (Å²) in [6.07, 6.45) is 3.23. The van der Waals surface area contributed by atoms with Crippen LogP contribution in [0.1, 0.15) is 47.0 Å². The Hall–Kier alpha value is -0.130. The lowest BCUT2D eigenvalue weighted by molar-refractivity contribution is 0.378. The molecule has 1 fully saturated rings. The summed E-state index contributed by atoms with van der Waals surface area (Å²) in [5.74, 6) is 0. The average Bonchev–Trinajstić information content (AvgIpc) is 2.94. The Kier molecular flexibility index (Phi) is 4.98. The fraction of sp³-hybridized carbons (Fsp3) is 1.00. The molecule has 1 unspecified atom stereocenters. The normalized spacial score (nSPS) is 19.3. The van der Waals surface area contributed by atoms with Crippen LogP contribution in [0.3, 0.4) is 0 Å². The van der Waals surface area contributed by atoms with Crippen molar-refractivity contribution in [1.82, 2.24) is 10.0 Å². The summed E-state index contributed by atoms with van der Waals surface area (Å²) in [6.45, 7) is 9.17. The Labute approximate surface area is 106 Å². The van der Waals surface area contributed by atoms with Crippen LogP contribution >= 0.6 is 0 Å². The molecule has 0 aromatic heterocycles. The van der Waals surface area contributed by atoms with Crippen LogP contribution in [0.2, 0.25) is 0 Å². The van der Waals surface area contributed by atoms with Gasteiger partial charge < -0.3 is 5.32 Å².